The highest BCUT2D eigenvalue weighted by atomic mass is 19.1. The van der Waals surface area contributed by atoms with Crippen molar-refractivity contribution < 1.29 is 8.78 Å². The predicted octanol–water partition coefficient (Wildman–Crippen LogP) is 3.13. The van der Waals surface area contributed by atoms with Crippen LogP contribution < -0.4 is 5.73 Å². The molecule has 0 bridgehead atoms. The number of benzene rings is 1. The van der Waals surface area contributed by atoms with E-state index in [9.17, 15) is 8.78 Å². The predicted molar refractivity (Wildman–Crippen MR) is 62.1 cm³/mol. The summed E-state index contributed by atoms with van der Waals surface area (Å²) in [4.78, 5) is 0. The first-order valence-corrected chi connectivity index (χ1v) is 5.48. The largest absolute Gasteiger partial charge is 0.330 e. The summed E-state index contributed by atoms with van der Waals surface area (Å²) in [5, 5.41) is 0. The van der Waals surface area contributed by atoms with E-state index in [0.717, 1.165) is 6.07 Å². The normalized spacial score (nSPS) is 13.9. The lowest BCUT2D eigenvalue weighted by Gasteiger charge is -2.29. The molecule has 0 aliphatic rings. The molecule has 0 fully saturated rings. The fraction of sp³-hybridized carbons (Fsp3) is 0.538. The van der Waals surface area contributed by atoms with E-state index < -0.39 is 5.82 Å². The molecule has 1 aromatic carbocycles. The Morgan fingerprint density at radius 2 is 1.88 bits per heavy atom. The number of halogens is 2. The van der Waals surface area contributed by atoms with Crippen molar-refractivity contribution in [1.29, 1.82) is 0 Å². The second-order valence-electron chi connectivity index (χ2n) is 5.24. The van der Waals surface area contributed by atoms with E-state index >= 15 is 0 Å². The van der Waals surface area contributed by atoms with E-state index in [0.29, 0.717) is 18.5 Å². The van der Waals surface area contributed by atoms with E-state index in [1.807, 2.05) is 0 Å². The van der Waals surface area contributed by atoms with Gasteiger partial charge in [-0.15, -0.1) is 0 Å². The zero-order valence-electron chi connectivity index (χ0n) is 10.1. The van der Waals surface area contributed by atoms with Crippen LogP contribution in [0, 0.1) is 23.0 Å². The SMILES string of the molecule is CC(C)(C)C(CN)Cc1cc(F)ccc1F. The molecule has 1 rings (SSSR count). The molecule has 2 N–H and O–H groups in total. The Labute approximate surface area is 95.7 Å². The second kappa shape index (κ2) is 4.91. The molecule has 0 saturated carbocycles. The van der Waals surface area contributed by atoms with Gasteiger partial charge in [0.2, 0.25) is 0 Å². The van der Waals surface area contributed by atoms with Crippen LogP contribution in [0.25, 0.3) is 0 Å². The van der Waals surface area contributed by atoms with Crippen molar-refractivity contribution in [2.75, 3.05) is 6.54 Å². The second-order valence-corrected chi connectivity index (χ2v) is 5.24. The summed E-state index contributed by atoms with van der Waals surface area (Å²) >= 11 is 0. The zero-order chi connectivity index (χ0) is 12.3. The summed E-state index contributed by atoms with van der Waals surface area (Å²) in [5.74, 6) is -0.617. The van der Waals surface area contributed by atoms with Crippen LogP contribution in [0.4, 0.5) is 8.78 Å². The molecule has 0 aromatic heterocycles. The lowest BCUT2D eigenvalue weighted by atomic mass is 9.77. The minimum atomic E-state index is -0.402. The fourth-order valence-electron chi connectivity index (χ4n) is 1.71. The minimum Gasteiger partial charge on any atom is -0.330 e. The molecule has 0 spiro atoms. The monoisotopic (exact) mass is 227 g/mol. The van der Waals surface area contributed by atoms with E-state index in [1.54, 1.807) is 0 Å². The van der Waals surface area contributed by atoms with E-state index in [1.165, 1.54) is 12.1 Å². The lowest BCUT2D eigenvalue weighted by molar-refractivity contribution is 0.244. The van der Waals surface area contributed by atoms with Crippen LogP contribution in [0.5, 0.6) is 0 Å². The lowest BCUT2D eigenvalue weighted by Crippen LogP contribution is -2.30. The van der Waals surface area contributed by atoms with Gasteiger partial charge >= 0.3 is 0 Å². The molecule has 0 aliphatic heterocycles. The first-order chi connectivity index (χ1) is 7.34. The molecule has 1 aromatic rings. The average molecular weight is 227 g/mol. The molecule has 16 heavy (non-hydrogen) atoms. The third kappa shape index (κ3) is 3.27. The summed E-state index contributed by atoms with van der Waals surface area (Å²) in [6.45, 7) is 6.64. The number of hydrogen-bond acceptors (Lipinski definition) is 1. The van der Waals surface area contributed by atoms with Gasteiger partial charge in [-0.1, -0.05) is 20.8 Å². The van der Waals surface area contributed by atoms with Gasteiger partial charge in [-0.25, -0.2) is 8.78 Å². The Hall–Kier alpha value is -0.960. The third-order valence-corrected chi connectivity index (χ3v) is 2.98. The first-order valence-electron chi connectivity index (χ1n) is 5.48. The Balaban J connectivity index is 2.90. The Kier molecular flexibility index (Phi) is 4.03. The number of hydrogen-bond donors (Lipinski definition) is 1. The van der Waals surface area contributed by atoms with Crippen LogP contribution in [0.2, 0.25) is 0 Å². The Morgan fingerprint density at radius 1 is 1.25 bits per heavy atom. The maximum absolute atomic E-state index is 13.4. The molecule has 3 heteroatoms. The van der Waals surface area contributed by atoms with Gasteiger partial charge < -0.3 is 5.73 Å². The molecule has 1 nitrogen and oxygen atoms in total. The Bertz CT molecular complexity index is 355. The van der Waals surface area contributed by atoms with Gasteiger partial charge in [-0.2, -0.15) is 0 Å². The summed E-state index contributed by atoms with van der Waals surface area (Å²) in [6, 6.07) is 3.55. The smallest absolute Gasteiger partial charge is 0.126 e. The molecule has 90 valence electrons. The molecule has 0 amide bonds. The minimum absolute atomic E-state index is 0.00644. The van der Waals surface area contributed by atoms with Gasteiger partial charge in [-0.05, 0) is 48.1 Å². The van der Waals surface area contributed by atoms with Crippen molar-refractivity contribution in [2.45, 2.75) is 27.2 Å². The van der Waals surface area contributed by atoms with Crippen molar-refractivity contribution >= 4 is 0 Å². The van der Waals surface area contributed by atoms with Gasteiger partial charge in [-0.3, -0.25) is 0 Å². The van der Waals surface area contributed by atoms with Crippen molar-refractivity contribution in [3.63, 3.8) is 0 Å². The van der Waals surface area contributed by atoms with Crippen molar-refractivity contribution in [1.82, 2.24) is 0 Å². The van der Waals surface area contributed by atoms with E-state index in [-0.39, 0.29) is 17.2 Å². The molecule has 0 heterocycles. The van der Waals surface area contributed by atoms with E-state index in [4.69, 9.17) is 5.73 Å². The summed E-state index contributed by atoms with van der Waals surface area (Å²) < 4.78 is 26.4. The Morgan fingerprint density at radius 3 is 2.38 bits per heavy atom. The van der Waals surface area contributed by atoms with Gasteiger partial charge in [0.15, 0.2) is 0 Å². The summed E-state index contributed by atoms with van der Waals surface area (Å²) in [5.41, 5.74) is 6.08. The maximum atomic E-state index is 13.4. The standard InChI is InChI=1S/C13H19F2N/c1-13(2,3)10(8-16)6-9-7-11(14)4-5-12(9)15/h4-5,7,10H,6,8,16H2,1-3H3. The first kappa shape index (κ1) is 13.1. The van der Waals surface area contributed by atoms with Crippen LogP contribution in [0.1, 0.15) is 26.3 Å². The summed E-state index contributed by atoms with van der Waals surface area (Å²) in [7, 11) is 0. The molecule has 1 unspecified atom stereocenters. The van der Waals surface area contributed by atoms with Crippen LogP contribution >= 0.6 is 0 Å². The topological polar surface area (TPSA) is 26.0 Å². The number of nitrogens with two attached hydrogens (primary N) is 1. The highest BCUT2D eigenvalue weighted by Gasteiger charge is 2.24. The molecule has 0 radical (unpaired) electrons. The zero-order valence-corrected chi connectivity index (χ0v) is 10.1. The highest BCUT2D eigenvalue weighted by Crippen LogP contribution is 2.29. The van der Waals surface area contributed by atoms with Gasteiger partial charge in [0.1, 0.15) is 11.6 Å². The van der Waals surface area contributed by atoms with Crippen LogP contribution in [0.15, 0.2) is 18.2 Å². The van der Waals surface area contributed by atoms with Crippen molar-refractivity contribution in [3.8, 4) is 0 Å². The molecule has 0 aliphatic carbocycles. The van der Waals surface area contributed by atoms with Crippen LogP contribution in [0.3, 0.4) is 0 Å². The average Bonchev–Trinajstić information content (AvgIpc) is 2.17. The van der Waals surface area contributed by atoms with Crippen molar-refractivity contribution in [3.05, 3.63) is 35.4 Å². The van der Waals surface area contributed by atoms with Crippen LogP contribution in [-0.2, 0) is 6.42 Å². The molecule has 0 saturated heterocycles. The molecule has 1 atom stereocenters. The van der Waals surface area contributed by atoms with Gasteiger partial charge in [0, 0.05) is 0 Å². The highest BCUT2D eigenvalue weighted by molar-refractivity contribution is 5.19. The molecular weight excluding hydrogens is 208 g/mol. The van der Waals surface area contributed by atoms with Crippen LogP contribution in [-0.4, -0.2) is 6.54 Å². The van der Waals surface area contributed by atoms with E-state index in [2.05, 4.69) is 20.8 Å². The van der Waals surface area contributed by atoms with Gasteiger partial charge in [0.25, 0.3) is 0 Å². The van der Waals surface area contributed by atoms with Gasteiger partial charge in [0.05, 0.1) is 0 Å². The third-order valence-electron chi connectivity index (χ3n) is 2.98. The van der Waals surface area contributed by atoms with Crippen molar-refractivity contribution in [2.24, 2.45) is 17.1 Å². The maximum Gasteiger partial charge on any atom is 0.126 e. The fourth-order valence-corrected chi connectivity index (χ4v) is 1.71. The molecular formula is C13H19F2N. The quantitative estimate of drug-likeness (QED) is 0.843. The summed E-state index contributed by atoms with van der Waals surface area (Å²) in [6.07, 6.45) is 0.476. The number of rotatable bonds is 3.